The summed E-state index contributed by atoms with van der Waals surface area (Å²) < 4.78 is 0. The van der Waals surface area contributed by atoms with Crippen molar-refractivity contribution in [1.82, 2.24) is 15.0 Å². The molecule has 22 heavy (non-hydrogen) atoms. The maximum Gasteiger partial charge on any atom is 0.137 e. The van der Waals surface area contributed by atoms with Gasteiger partial charge in [0.1, 0.15) is 11.5 Å². The first-order valence-corrected chi connectivity index (χ1v) is 7.96. The first kappa shape index (κ1) is 13.3. The van der Waals surface area contributed by atoms with Gasteiger partial charge in [0.15, 0.2) is 0 Å². The van der Waals surface area contributed by atoms with Crippen LogP contribution in [0, 0.1) is 5.92 Å². The van der Waals surface area contributed by atoms with Crippen LogP contribution in [0.1, 0.15) is 19.8 Å². The molecular formula is C18H20N4. The van der Waals surface area contributed by atoms with Gasteiger partial charge in [-0.05, 0) is 43.0 Å². The van der Waals surface area contributed by atoms with Crippen LogP contribution in [-0.2, 0) is 0 Å². The molecule has 3 aromatic rings. The molecular weight excluding hydrogens is 272 g/mol. The molecule has 1 fully saturated rings. The van der Waals surface area contributed by atoms with Gasteiger partial charge < -0.3 is 9.88 Å². The summed E-state index contributed by atoms with van der Waals surface area (Å²) in [4.78, 5) is 14.8. The molecule has 0 aliphatic carbocycles. The van der Waals surface area contributed by atoms with Gasteiger partial charge in [-0.1, -0.05) is 13.0 Å². The third kappa shape index (κ3) is 2.34. The fourth-order valence-corrected chi connectivity index (χ4v) is 3.33. The van der Waals surface area contributed by atoms with Crippen molar-refractivity contribution >= 4 is 16.9 Å². The minimum absolute atomic E-state index is 0.747. The summed E-state index contributed by atoms with van der Waals surface area (Å²) in [7, 11) is 0. The SMILES string of the molecule is C[C@@H]1CCCN(c2cccc(-c3ccnc4[nH]ccc34)n2)C1. The van der Waals surface area contributed by atoms with Crippen molar-refractivity contribution in [2.24, 2.45) is 5.92 Å². The highest BCUT2D eigenvalue weighted by molar-refractivity contribution is 5.91. The predicted octanol–water partition coefficient (Wildman–Crippen LogP) is 3.86. The Balaban J connectivity index is 1.74. The molecule has 112 valence electrons. The highest BCUT2D eigenvalue weighted by Gasteiger charge is 2.18. The van der Waals surface area contributed by atoms with Crippen LogP contribution in [0.4, 0.5) is 5.82 Å². The van der Waals surface area contributed by atoms with Crippen LogP contribution in [0.2, 0.25) is 0 Å². The molecule has 0 amide bonds. The van der Waals surface area contributed by atoms with E-state index >= 15 is 0 Å². The lowest BCUT2D eigenvalue weighted by molar-refractivity contribution is 0.444. The lowest BCUT2D eigenvalue weighted by Gasteiger charge is -2.32. The van der Waals surface area contributed by atoms with Crippen molar-refractivity contribution in [3.63, 3.8) is 0 Å². The van der Waals surface area contributed by atoms with Crippen molar-refractivity contribution in [1.29, 1.82) is 0 Å². The van der Waals surface area contributed by atoms with Crippen molar-refractivity contribution in [2.45, 2.75) is 19.8 Å². The number of H-pyrrole nitrogens is 1. The number of nitrogens with zero attached hydrogens (tertiary/aromatic N) is 3. The molecule has 0 bridgehead atoms. The van der Waals surface area contributed by atoms with E-state index in [0.29, 0.717) is 0 Å². The summed E-state index contributed by atoms with van der Waals surface area (Å²) in [6.07, 6.45) is 6.34. The van der Waals surface area contributed by atoms with Crippen LogP contribution in [0.15, 0.2) is 42.7 Å². The van der Waals surface area contributed by atoms with Crippen LogP contribution < -0.4 is 4.90 Å². The molecule has 1 saturated heterocycles. The molecule has 1 atom stereocenters. The van der Waals surface area contributed by atoms with E-state index < -0.39 is 0 Å². The molecule has 1 aliphatic heterocycles. The molecule has 0 unspecified atom stereocenters. The molecule has 0 aromatic carbocycles. The second-order valence-corrected chi connectivity index (χ2v) is 6.17. The Kier molecular flexibility index (Phi) is 3.29. The van der Waals surface area contributed by atoms with Gasteiger partial charge in [-0.3, -0.25) is 0 Å². The minimum Gasteiger partial charge on any atom is -0.356 e. The average molecular weight is 292 g/mol. The average Bonchev–Trinajstić information content (AvgIpc) is 3.03. The molecule has 0 saturated carbocycles. The Morgan fingerprint density at radius 3 is 3.09 bits per heavy atom. The number of rotatable bonds is 2. The van der Waals surface area contributed by atoms with Gasteiger partial charge in [0, 0.05) is 36.4 Å². The Morgan fingerprint density at radius 2 is 2.18 bits per heavy atom. The van der Waals surface area contributed by atoms with E-state index in [4.69, 9.17) is 4.98 Å². The Labute approximate surface area is 130 Å². The third-order valence-electron chi connectivity index (χ3n) is 4.45. The van der Waals surface area contributed by atoms with Crippen molar-refractivity contribution in [2.75, 3.05) is 18.0 Å². The van der Waals surface area contributed by atoms with E-state index in [9.17, 15) is 0 Å². The van der Waals surface area contributed by atoms with Crippen molar-refractivity contribution < 1.29 is 0 Å². The molecule has 0 radical (unpaired) electrons. The first-order valence-electron chi connectivity index (χ1n) is 7.96. The summed E-state index contributed by atoms with van der Waals surface area (Å²) >= 11 is 0. The van der Waals surface area contributed by atoms with Crippen molar-refractivity contribution in [3.8, 4) is 11.3 Å². The maximum atomic E-state index is 4.92. The van der Waals surface area contributed by atoms with E-state index in [1.807, 2.05) is 18.5 Å². The largest absolute Gasteiger partial charge is 0.356 e. The van der Waals surface area contributed by atoms with Crippen LogP contribution in [0.3, 0.4) is 0 Å². The van der Waals surface area contributed by atoms with E-state index in [0.717, 1.165) is 47.1 Å². The Hall–Kier alpha value is -2.36. The highest BCUT2D eigenvalue weighted by atomic mass is 15.2. The van der Waals surface area contributed by atoms with Gasteiger partial charge in [-0.15, -0.1) is 0 Å². The van der Waals surface area contributed by atoms with Crippen LogP contribution in [0.25, 0.3) is 22.3 Å². The lowest BCUT2D eigenvalue weighted by Crippen LogP contribution is -2.34. The second kappa shape index (κ2) is 5.44. The summed E-state index contributed by atoms with van der Waals surface area (Å²) in [5, 5.41) is 1.12. The van der Waals surface area contributed by atoms with Crippen LogP contribution >= 0.6 is 0 Å². The number of aromatic amines is 1. The summed E-state index contributed by atoms with van der Waals surface area (Å²) in [6.45, 7) is 4.53. The maximum absolute atomic E-state index is 4.92. The Morgan fingerprint density at radius 1 is 1.23 bits per heavy atom. The quantitative estimate of drug-likeness (QED) is 0.780. The number of aromatic nitrogens is 3. The summed E-state index contributed by atoms with van der Waals surface area (Å²) in [5.74, 6) is 1.83. The third-order valence-corrected chi connectivity index (χ3v) is 4.45. The van der Waals surface area contributed by atoms with Crippen LogP contribution in [-0.4, -0.2) is 28.0 Å². The van der Waals surface area contributed by atoms with E-state index in [-0.39, 0.29) is 0 Å². The zero-order valence-electron chi connectivity index (χ0n) is 12.8. The fraction of sp³-hybridized carbons (Fsp3) is 0.333. The monoisotopic (exact) mass is 292 g/mol. The number of anilines is 1. The van der Waals surface area contributed by atoms with E-state index in [1.165, 1.54) is 12.8 Å². The van der Waals surface area contributed by atoms with Gasteiger partial charge in [0.25, 0.3) is 0 Å². The molecule has 4 rings (SSSR count). The predicted molar refractivity (Wildman–Crippen MR) is 89.9 cm³/mol. The van der Waals surface area contributed by atoms with Gasteiger partial charge >= 0.3 is 0 Å². The zero-order valence-corrected chi connectivity index (χ0v) is 12.8. The topological polar surface area (TPSA) is 44.8 Å². The fourth-order valence-electron chi connectivity index (χ4n) is 3.33. The van der Waals surface area contributed by atoms with Gasteiger partial charge in [0.2, 0.25) is 0 Å². The minimum atomic E-state index is 0.747. The van der Waals surface area contributed by atoms with Gasteiger partial charge in [0.05, 0.1) is 5.69 Å². The number of fused-ring (bicyclic) bond motifs is 1. The number of hydrogen-bond acceptors (Lipinski definition) is 3. The van der Waals surface area contributed by atoms with E-state index in [1.54, 1.807) is 0 Å². The Bertz CT molecular complexity index is 792. The molecule has 4 nitrogen and oxygen atoms in total. The molecule has 3 aromatic heterocycles. The number of nitrogens with one attached hydrogen (secondary N) is 1. The highest BCUT2D eigenvalue weighted by Crippen LogP contribution is 2.28. The molecule has 0 spiro atoms. The number of hydrogen-bond donors (Lipinski definition) is 1. The number of pyridine rings is 2. The first-order chi connectivity index (χ1) is 10.8. The van der Waals surface area contributed by atoms with Crippen molar-refractivity contribution in [3.05, 3.63) is 42.7 Å². The summed E-state index contributed by atoms with van der Waals surface area (Å²) in [5.41, 5.74) is 3.07. The normalized spacial score (nSPS) is 18.8. The second-order valence-electron chi connectivity index (χ2n) is 6.17. The molecule has 4 heterocycles. The van der Waals surface area contributed by atoms with Gasteiger partial charge in [-0.25, -0.2) is 9.97 Å². The number of piperidine rings is 1. The van der Waals surface area contributed by atoms with Gasteiger partial charge in [-0.2, -0.15) is 0 Å². The van der Waals surface area contributed by atoms with Crippen LogP contribution in [0.5, 0.6) is 0 Å². The molecule has 1 aliphatic rings. The summed E-state index contributed by atoms with van der Waals surface area (Å²) in [6, 6.07) is 10.4. The lowest BCUT2D eigenvalue weighted by atomic mass is 10.0. The molecule has 4 heteroatoms. The molecule has 1 N–H and O–H groups in total. The smallest absolute Gasteiger partial charge is 0.137 e. The van der Waals surface area contributed by atoms with E-state index in [2.05, 4.69) is 46.1 Å². The standard InChI is InChI=1S/C18H20N4/c1-13-4-3-11-22(12-13)17-6-2-5-16(21-17)14-7-9-19-18-15(14)8-10-20-18/h2,5-10,13H,3-4,11-12H2,1H3,(H,19,20)/t13-/m1/s1. The zero-order chi connectivity index (χ0) is 14.9.